The minimum atomic E-state index is -0.171. The largest absolute Gasteiger partial charge is 0.496 e. The Morgan fingerprint density at radius 2 is 2.16 bits per heavy atom. The molecule has 1 heterocycles. The van der Waals surface area contributed by atoms with Gasteiger partial charge in [-0.15, -0.1) is 6.58 Å². The van der Waals surface area contributed by atoms with Crippen LogP contribution in [-0.4, -0.2) is 32.1 Å². The average Bonchev–Trinajstić information content (AvgIpc) is 2.61. The van der Waals surface area contributed by atoms with Crippen molar-refractivity contribution in [1.29, 1.82) is 0 Å². The van der Waals surface area contributed by atoms with Crippen molar-refractivity contribution in [2.45, 2.75) is 12.5 Å². The Balaban J connectivity index is 2.09. The quantitative estimate of drug-likeness (QED) is 0.837. The third-order valence-corrected chi connectivity index (χ3v) is 4.18. The minimum Gasteiger partial charge on any atom is -0.496 e. The van der Waals surface area contributed by atoms with Crippen LogP contribution in [-0.2, 0) is 0 Å². The summed E-state index contributed by atoms with van der Waals surface area (Å²) in [7, 11) is 5.06. The van der Waals surface area contributed by atoms with Gasteiger partial charge in [-0.1, -0.05) is 18.2 Å². The van der Waals surface area contributed by atoms with Gasteiger partial charge in [0.15, 0.2) is 0 Å². The summed E-state index contributed by atoms with van der Waals surface area (Å²) in [5, 5.41) is 2.88. The van der Waals surface area contributed by atoms with Crippen LogP contribution in [0.25, 0.3) is 11.1 Å². The SMILES string of the molecule is C=CCC1Oc2cccc(OC)c2-c2ccc(NC(=O)N(C)C)cc21. The molecule has 0 fully saturated rings. The van der Waals surface area contributed by atoms with Gasteiger partial charge in [0.1, 0.15) is 17.6 Å². The van der Waals surface area contributed by atoms with Gasteiger partial charge in [-0.05, 0) is 29.8 Å². The molecule has 0 aromatic heterocycles. The highest BCUT2D eigenvalue weighted by Crippen LogP contribution is 2.48. The van der Waals surface area contributed by atoms with Crippen LogP contribution in [0.3, 0.4) is 0 Å². The lowest BCUT2D eigenvalue weighted by Gasteiger charge is -2.30. The molecule has 2 amide bonds. The second-order valence-electron chi connectivity index (χ2n) is 6.09. The second-order valence-corrected chi connectivity index (χ2v) is 6.09. The summed E-state index contributed by atoms with van der Waals surface area (Å²) in [6.07, 6.45) is 2.36. The van der Waals surface area contributed by atoms with Crippen molar-refractivity contribution in [2.24, 2.45) is 0 Å². The lowest BCUT2D eigenvalue weighted by Crippen LogP contribution is -2.27. The van der Waals surface area contributed by atoms with Crippen molar-refractivity contribution >= 4 is 11.7 Å². The fraction of sp³-hybridized carbons (Fsp3) is 0.250. The lowest BCUT2D eigenvalue weighted by molar-refractivity contribution is 0.205. The first-order chi connectivity index (χ1) is 12.0. The summed E-state index contributed by atoms with van der Waals surface area (Å²) in [5.74, 6) is 1.56. The van der Waals surface area contributed by atoms with Crippen molar-refractivity contribution in [1.82, 2.24) is 4.90 Å². The Bertz CT molecular complexity index is 815. The molecule has 130 valence electrons. The molecular formula is C20H22N2O3. The number of hydrogen-bond acceptors (Lipinski definition) is 3. The Hall–Kier alpha value is -2.95. The molecule has 0 bridgehead atoms. The van der Waals surface area contributed by atoms with Gasteiger partial charge in [0.2, 0.25) is 0 Å². The van der Waals surface area contributed by atoms with Gasteiger partial charge in [0, 0.05) is 31.8 Å². The molecule has 5 heteroatoms. The Kier molecular flexibility index (Phi) is 4.65. The van der Waals surface area contributed by atoms with E-state index in [1.54, 1.807) is 21.2 Å². The Labute approximate surface area is 147 Å². The van der Waals surface area contributed by atoms with Crippen LogP contribution in [0.4, 0.5) is 10.5 Å². The fourth-order valence-electron chi connectivity index (χ4n) is 2.96. The fourth-order valence-corrected chi connectivity index (χ4v) is 2.96. The molecule has 0 aliphatic carbocycles. The number of nitrogens with one attached hydrogen (secondary N) is 1. The summed E-state index contributed by atoms with van der Waals surface area (Å²) in [4.78, 5) is 13.4. The molecule has 25 heavy (non-hydrogen) atoms. The van der Waals surface area contributed by atoms with E-state index in [0.29, 0.717) is 6.42 Å². The highest BCUT2D eigenvalue weighted by molar-refractivity contribution is 5.90. The van der Waals surface area contributed by atoms with Crippen LogP contribution in [0.2, 0.25) is 0 Å². The van der Waals surface area contributed by atoms with Gasteiger partial charge < -0.3 is 19.7 Å². The number of anilines is 1. The molecule has 1 aliphatic heterocycles. The number of amides is 2. The molecule has 2 aromatic carbocycles. The van der Waals surface area contributed by atoms with E-state index in [1.165, 1.54) is 4.90 Å². The van der Waals surface area contributed by atoms with E-state index in [4.69, 9.17) is 9.47 Å². The third kappa shape index (κ3) is 3.18. The highest BCUT2D eigenvalue weighted by atomic mass is 16.5. The molecule has 0 spiro atoms. The first kappa shape index (κ1) is 16.9. The number of carbonyl (C=O) groups excluding carboxylic acids is 1. The van der Waals surface area contributed by atoms with E-state index in [2.05, 4.69) is 11.9 Å². The molecule has 1 aliphatic rings. The van der Waals surface area contributed by atoms with Crippen molar-refractivity contribution < 1.29 is 14.3 Å². The third-order valence-electron chi connectivity index (χ3n) is 4.18. The van der Waals surface area contributed by atoms with E-state index in [1.807, 2.05) is 42.5 Å². The predicted molar refractivity (Wildman–Crippen MR) is 99.3 cm³/mol. The number of rotatable bonds is 4. The van der Waals surface area contributed by atoms with Gasteiger partial charge in [-0.2, -0.15) is 0 Å². The molecular weight excluding hydrogens is 316 g/mol. The van der Waals surface area contributed by atoms with Crippen molar-refractivity contribution in [3.8, 4) is 22.6 Å². The van der Waals surface area contributed by atoms with E-state index in [9.17, 15) is 4.79 Å². The van der Waals surface area contributed by atoms with Crippen molar-refractivity contribution in [2.75, 3.05) is 26.5 Å². The van der Waals surface area contributed by atoms with Gasteiger partial charge in [-0.3, -0.25) is 0 Å². The summed E-state index contributed by atoms with van der Waals surface area (Å²) in [5.41, 5.74) is 3.72. The molecule has 1 atom stereocenters. The zero-order chi connectivity index (χ0) is 18.0. The van der Waals surface area contributed by atoms with E-state index >= 15 is 0 Å². The number of urea groups is 1. The molecule has 3 rings (SSSR count). The molecule has 5 nitrogen and oxygen atoms in total. The normalized spacial score (nSPS) is 14.6. The summed E-state index contributed by atoms with van der Waals surface area (Å²) >= 11 is 0. The van der Waals surface area contributed by atoms with Crippen LogP contribution in [0, 0.1) is 0 Å². The van der Waals surface area contributed by atoms with Crippen LogP contribution < -0.4 is 14.8 Å². The average molecular weight is 338 g/mol. The first-order valence-corrected chi connectivity index (χ1v) is 8.12. The molecule has 0 saturated carbocycles. The van der Waals surface area contributed by atoms with Crippen LogP contribution in [0.15, 0.2) is 49.1 Å². The van der Waals surface area contributed by atoms with Crippen LogP contribution >= 0.6 is 0 Å². The van der Waals surface area contributed by atoms with Gasteiger partial charge in [0.05, 0.1) is 12.7 Å². The maximum Gasteiger partial charge on any atom is 0.321 e. The standard InChI is InChI=1S/C20H22N2O3/c1-5-7-16-15-12-13(21-20(23)22(2)3)10-11-14(15)19-17(24-4)8-6-9-18(19)25-16/h5-6,8-12,16H,1,7H2,2-4H3,(H,21,23). The Morgan fingerprint density at radius 3 is 2.84 bits per heavy atom. The van der Waals surface area contributed by atoms with E-state index in [0.717, 1.165) is 33.9 Å². The maximum atomic E-state index is 11.9. The molecule has 0 radical (unpaired) electrons. The molecule has 1 N–H and O–H groups in total. The number of benzene rings is 2. The summed E-state index contributed by atoms with van der Waals surface area (Å²) in [6, 6.07) is 11.5. The lowest BCUT2D eigenvalue weighted by atomic mass is 9.90. The second kappa shape index (κ2) is 6.89. The summed E-state index contributed by atoms with van der Waals surface area (Å²) in [6.45, 7) is 3.83. The monoisotopic (exact) mass is 338 g/mol. The zero-order valence-corrected chi connectivity index (χ0v) is 14.7. The topological polar surface area (TPSA) is 50.8 Å². The van der Waals surface area contributed by atoms with Crippen LogP contribution in [0.1, 0.15) is 18.1 Å². The molecule has 0 saturated heterocycles. The first-order valence-electron chi connectivity index (χ1n) is 8.12. The van der Waals surface area contributed by atoms with Crippen LogP contribution in [0.5, 0.6) is 11.5 Å². The van der Waals surface area contributed by atoms with Gasteiger partial charge in [-0.25, -0.2) is 4.79 Å². The molecule has 1 unspecified atom stereocenters. The van der Waals surface area contributed by atoms with Crippen molar-refractivity contribution in [3.63, 3.8) is 0 Å². The highest BCUT2D eigenvalue weighted by Gasteiger charge is 2.28. The number of fused-ring (bicyclic) bond motifs is 3. The summed E-state index contributed by atoms with van der Waals surface area (Å²) < 4.78 is 11.7. The van der Waals surface area contributed by atoms with E-state index < -0.39 is 0 Å². The number of hydrogen-bond donors (Lipinski definition) is 1. The zero-order valence-electron chi connectivity index (χ0n) is 14.7. The Morgan fingerprint density at radius 1 is 1.36 bits per heavy atom. The van der Waals surface area contributed by atoms with Gasteiger partial charge >= 0.3 is 6.03 Å². The van der Waals surface area contributed by atoms with E-state index in [-0.39, 0.29) is 12.1 Å². The predicted octanol–water partition coefficient (Wildman–Crippen LogP) is 4.47. The number of methoxy groups -OCH3 is 1. The number of ether oxygens (including phenoxy) is 2. The van der Waals surface area contributed by atoms with Crippen molar-refractivity contribution in [3.05, 3.63) is 54.6 Å². The minimum absolute atomic E-state index is 0.150. The number of nitrogens with zero attached hydrogens (tertiary/aromatic N) is 1. The smallest absolute Gasteiger partial charge is 0.321 e. The molecule has 2 aromatic rings. The maximum absolute atomic E-state index is 11.9. The number of carbonyl (C=O) groups is 1. The van der Waals surface area contributed by atoms with Gasteiger partial charge in [0.25, 0.3) is 0 Å².